The van der Waals surface area contributed by atoms with Crippen molar-refractivity contribution in [3.8, 4) is 0 Å². The third kappa shape index (κ3) is 3.90. The lowest BCUT2D eigenvalue weighted by Gasteiger charge is -2.26. The lowest BCUT2D eigenvalue weighted by molar-refractivity contribution is 0.0694. The van der Waals surface area contributed by atoms with E-state index in [-0.39, 0.29) is 11.9 Å². The molecule has 1 aliphatic rings. The number of hydrogen-bond acceptors (Lipinski definition) is 2. The number of nitrogens with zero attached hydrogens (tertiary/aromatic N) is 1. The second-order valence-electron chi connectivity index (χ2n) is 8.07. The van der Waals surface area contributed by atoms with E-state index in [1.54, 1.807) is 6.07 Å². The molecule has 0 saturated carbocycles. The van der Waals surface area contributed by atoms with Gasteiger partial charge in [0.2, 0.25) is 0 Å². The first-order valence-electron chi connectivity index (χ1n) is 10.4. The number of aromatic nitrogens is 1. The molecule has 3 aromatic rings. The topological polar surface area (TPSA) is 54.3 Å². The van der Waals surface area contributed by atoms with Gasteiger partial charge in [0.1, 0.15) is 5.82 Å². The van der Waals surface area contributed by atoms with Crippen LogP contribution >= 0.6 is 0 Å². The van der Waals surface area contributed by atoms with Crippen LogP contribution in [0.2, 0.25) is 0 Å². The standard InChI is InChI=1S/C25H27FN2O2/c1-16-22(14-27-23-12-6-9-19-8-3-4-11-21(19)23)24(25(29)30)17(2)28(16)15-18-7-5-10-20(26)13-18/h3-5,7-8,10-11,13,23,27H,6,9,12,14-15H2,1-2H3,(H,29,30)/t23-/m1/s1. The van der Waals surface area contributed by atoms with Gasteiger partial charge in [-0.3, -0.25) is 0 Å². The summed E-state index contributed by atoms with van der Waals surface area (Å²) in [5.41, 5.74) is 6.26. The van der Waals surface area contributed by atoms with E-state index in [0.717, 1.165) is 36.1 Å². The molecule has 156 valence electrons. The van der Waals surface area contributed by atoms with Crippen LogP contribution in [0.15, 0.2) is 48.5 Å². The van der Waals surface area contributed by atoms with E-state index in [0.29, 0.717) is 24.3 Å². The van der Waals surface area contributed by atoms with Crippen molar-refractivity contribution in [2.24, 2.45) is 0 Å². The van der Waals surface area contributed by atoms with Crippen LogP contribution in [-0.2, 0) is 19.5 Å². The number of benzene rings is 2. The van der Waals surface area contributed by atoms with Crippen LogP contribution in [0, 0.1) is 19.7 Å². The van der Waals surface area contributed by atoms with Gasteiger partial charge in [0.15, 0.2) is 0 Å². The number of carbonyl (C=O) groups is 1. The molecular weight excluding hydrogens is 379 g/mol. The van der Waals surface area contributed by atoms with Gasteiger partial charge in [-0.2, -0.15) is 0 Å². The molecule has 1 aliphatic carbocycles. The van der Waals surface area contributed by atoms with Crippen LogP contribution in [0.4, 0.5) is 4.39 Å². The zero-order valence-electron chi connectivity index (χ0n) is 17.4. The molecule has 0 saturated heterocycles. The fraction of sp³-hybridized carbons (Fsp3) is 0.320. The summed E-state index contributed by atoms with van der Waals surface area (Å²) in [7, 11) is 0. The number of nitrogens with one attached hydrogen (secondary N) is 1. The van der Waals surface area contributed by atoms with Gasteiger partial charge in [0.25, 0.3) is 0 Å². The highest BCUT2D eigenvalue weighted by Crippen LogP contribution is 2.31. The fourth-order valence-electron chi connectivity index (χ4n) is 4.70. The summed E-state index contributed by atoms with van der Waals surface area (Å²) in [5.74, 6) is -1.21. The minimum absolute atomic E-state index is 0.225. The first-order valence-corrected chi connectivity index (χ1v) is 10.4. The van der Waals surface area contributed by atoms with E-state index < -0.39 is 5.97 Å². The summed E-state index contributed by atoms with van der Waals surface area (Å²) in [6, 6.07) is 15.2. The van der Waals surface area contributed by atoms with Crippen LogP contribution in [-0.4, -0.2) is 15.6 Å². The number of aromatic carboxylic acids is 1. The molecule has 4 rings (SSSR count). The SMILES string of the molecule is Cc1c(CN[C@@H]2CCCc3ccccc32)c(C(=O)O)c(C)n1Cc1cccc(F)c1. The summed E-state index contributed by atoms with van der Waals surface area (Å²) >= 11 is 0. The highest BCUT2D eigenvalue weighted by molar-refractivity contribution is 5.91. The molecular formula is C25H27FN2O2. The highest BCUT2D eigenvalue weighted by Gasteiger charge is 2.25. The Balaban J connectivity index is 1.63. The number of carboxylic acids is 1. The number of carboxylic acid groups (broad SMARTS) is 1. The predicted octanol–water partition coefficient (Wildman–Crippen LogP) is 5.16. The van der Waals surface area contributed by atoms with Gasteiger partial charge in [0, 0.05) is 36.1 Å². The van der Waals surface area contributed by atoms with Crippen molar-refractivity contribution in [1.82, 2.24) is 9.88 Å². The molecule has 30 heavy (non-hydrogen) atoms. The first-order chi connectivity index (χ1) is 14.5. The van der Waals surface area contributed by atoms with Crippen molar-refractivity contribution in [2.75, 3.05) is 0 Å². The third-order valence-electron chi connectivity index (χ3n) is 6.25. The van der Waals surface area contributed by atoms with Crippen LogP contribution in [0.25, 0.3) is 0 Å². The summed E-state index contributed by atoms with van der Waals surface area (Å²) in [5, 5.41) is 13.5. The van der Waals surface area contributed by atoms with Crippen molar-refractivity contribution in [1.29, 1.82) is 0 Å². The van der Waals surface area contributed by atoms with Crippen LogP contribution < -0.4 is 5.32 Å². The van der Waals surface area contributed by atoms with Gasteiger partial charge in [-0.25, -0.2) is 9.18 Å². The normalized spacial score (nSPS) is 15.8. The molecule has 0 spiro atoms. The van der Waals surface area contributed by atoms with Crippen LogP contribution in [0.5, 0.6) is 0 Å². The van der Waals surface area contributed by atoms with Gasteiger partial charge >= 0.3 is 5.97 Å². The highest BCUT2D eigenvalue weighted by atomic mass is 19.1. The fourth-order valence-corrected chi connectivity index (χ4v) is 4.70. The number of rotatable bonds is 6. The van der Waals surface area contributed by atoms with Crippen molar-refractivity contribution in [2.45, 2.75) is 52.2 Å². The van der Waals surface area contributed by atoms with Crippen molar-refractivity contribution in [3.63, 3.8) is 0 Å². The Morgan fingerprint density at radius 3 is 2.73 bits per heavy atom. The second kappa shape index (κ2) is 8.44. The average molecular weight is 407 g/mol. The Morgan fingerprint density at radius 1 is 1.17 bits per heavy atom. The van der Waals surface area contributed by atoms with Crippen molar-refractivity contribution in [3.05, 3.63) is 93.6 Å². The van der Waals surface area contributed by atoms with Crippen LogP contribution in [0.3, 0.4) is 0 Å². The van der Waals surface area contributed by atoms with E-state index >= 15 is 0 Å². The van der Waals surface area contributed by atoms with Gasteiger partial charge in [0.05, 0.1) is 5.56 Å². The van der Waals surface area contributed by atoms with Gasteiger partial charge in [-0.1, -0.05) is 36.4 Å². The lowest BCUT2D eigenvalue weighted by atomic mass is 9.87. The Labute approximate surface area is 176 Å². The molecule has 0 fully saturated rings. The maximum absolute atomic E-state index is 13.6. The molecule has 0 bridgehead atoms. The minimum Gasteiger partial charge on any atom is -0.478 e. The second-order valence-corrected chi connectivity index (χ2v) is 8.07. The molecule has 4 nitrogen and oxygen atoms in total. The number of halogens is 1. The van der Waals surface area contributed by atoms with Crippen molar-refractivity contribution < 1.29 is 14.3 Å². The van der Waals surface area contributed by atoms with E-state index in [4.69, 9.17) is 0 Å². The molecule has 5 heteroatoms. The quantitative estimate of drug-likeness (QED) is 0.595. The molecule has 1 aromatic heterocycles. The maximum atomic E-state index is 13.6. The lowest BCUT2D eigenvalue weighted by Crippen LogP contribution is -2.25. The smallest absolute Gasteiger partial charge is 0.337 e. The molecule has 2 aromatic carbocycles. The Hall–Kier alpha value is -2.92. The van der Waals surface area contributed by atoms with Gasteiger partial charge < -0.3 is 15.0 Å². The average Bonchev–Trinajstić information content (AvgIpc) is 2.96. The third-order valence-corrected chi connectivity index (χ3v) is 6.25. The zero-order valence-corrected chi connectivity index (χ0v) is 17.4. The van der Waals surface area contributed by atoms with E-state index in [2.05, 4.69) is 29.6 Å². The Bertz CT molecular complexity index is 1090. The van der Waals surface area contributed by atoms with E-state index in [1.165, 1.54) is 23.3 Å². The molecule has 0 unspecified atom stereocenters. The number of aryl methyl sites for hydroxylation is 1. The minimum atomic E-state index is -0.922. The number of fused-ring (bicyclic) bond motifs is 1. The summed E-state index contributed by atoms with van der Waals surface area (Å²) < 4.78 is 15.6. The first kappa shape index (κ1) is 20.4. The largest absolute Gasteiger partial charge is 0.478 e. The van der Waals surface area contributed by atoms with Crippen LogP contribution in [0.1, 0.15) is 62.9 Å². The molecule has 2 N–H and O–H groups in total. The Kier molecular flexibility index (Phi) is 5.73. The summed E-state index contributed by atoms with van der Waals surface area (Å²) in [6.07, 6.45) is 3.26. The van der Waals surface area contributed by atoms with E-state index in [1.807, 2.05) is 24.5 Å². The number of hydrogen-bond donors (Lipinski definition) is 2. The maximum Gasteiger partial charge on any atom is 0.337 e. The van der Waals surface area contributed by atoms with Gasteiger partial charge in [-0.05, 0) is 61.9 Å². The molecule has 0 radical (unpaired) electrons. The summed E-state index contributed by atoms with van der Waals surface area (Å²) in [4.78, 5) is 12.1. The molecule has 1 atom stereocenters. The summed E-state index contributed by atoms with van der Waals surface area (Å²) in [6.45, 7) is 4.71. The molecule has 0 aliphatic heterocycles. The Morgan fingerprint density at radius 2 is 1.97 bits per heavy atom. The predicted molar refractivity (Wildman–Crippen MR) is 115 cm³/mol. The zero-order chi connectivity index (χ0) is 21.3. The molecule has 0 amide bonds. The van der Waals surface area contributed by atoms with Crippen molar-refractivity contribution >= 4 is 5.97 Å². The monoisotopic (exact) mass is 406 g/mol. The van der Waals surface area contributed by atoms with Gasteiger partial charge in [-0.15, -0.1) is 0 Å². The molecule has 1 heterocycles. The van der Waals surface area contributed by atoms with E-state index in [9.17, 15) is 14.3 Å².